The van der Waals surface area contributed by atoms with Gasteiger partial charge in [-0.25, -0.2) is 0 Å². The van der Waals surface area contributed by atoms with Crippen molar-refractivity contribution >= 4 is 11.6 Å². The van der Waals surface area contributed by atoms with Gasteiger partial charge in [-0.2, -0.15) is 5.26 Å². The highest BCUT2D eigenvalue weighted by atomic mass is 16.2. The van der Waals surface area contributed by atoms with Gasteiger partial charge in [0.2, 0.25) is 5.91 Å². The van der Waals surface area contributed by atoms with Crippen LogP contribution in [0.4, 0.5) is 5.69 Å². The Morgan fingerprint density at radius 2 is 1.96 bits per heavy atom. The summed E-state index contributed by atoms with van der Waals surface area (Å²) < 4.78 is 0. The Kier molecular flexibility index (Phi) is 6.80. The molecule has 0 aromatic heterocycles. The number of aryl methyl sites for hydroxylation is 1. The number of anilines is 1. The summed E-state index contributed by atoms with van der Waals surface area (Å²) >= 11 is 0. The molecule has 5 heteroatoms. The van der Waals surface area contributed by atoms with E-state index in [2.05, 4.69) is 52.4 Å². The molecule has 0 aliphatic carbocycles. The Morgan fingerprint density at radius 3 is 2.75 bits per heavy atom. The van der Waals surface area contributed by atoms with Crippen LogP contribution in [0.15, 0.2) is 48.5 Å². The van der Waals surface area contributed by atoms with Crippen molar-refractivity contribution in [1.82, 2.24) is 9.80 Å². The third kappa shape index (κ3) is 5.19. The van der Waals surface area contributed by atoms with Crippen molar-refractivity contribution in [1.29, 1.82) is 5.26 Å². The molecular formula is C23H28N4O. The lowest BCUT2D eigenvalue weighted by atomic mass is 10.1. The highest BCUT2D eigenvalue weighted by Gasteiger charge is 2.24. The number of nitriles is 1. The van der Waals surface area contributed by atoms with E-state index in [0.717, 1.165) is 39.1 Å². The Labute approximate surface area is 167 Å². The van der Waals surface area contributed by atoms with E-state index in [1.54, 1.807) is 18.2 Å². The van der Waals surface area contributed by atoms with Crippen LogP contribution < -0.4 is 5.32 Å². The molecule has 2 aromatic rings. The maximum Gasteiger partial charge on any atom is 0.241 e. The number of carbonyl (C=O) groups excluding carboxylic acids is 1. The van der Waals surface area contributed by atoms with E-state index in [0.29, 0.717) is 11.3 Å². The lowest BCUT2D eigenvalue weighted by Gasteiger charge is -2.27. The molecule has 5 nitrogen and oxygen atoms in total. The van der Waals surface area contributed by atoms with Crippen molar-refractivity contribution in [2.75, 3.05) is 31.5 Å². The van der Waals surface area contributed by atoms with Crippen molar-refractivity contribution in [3.63, 3.8) is 0 Å². The van der Waals surface area contributed by atoms with E-state index in [1.807, 2.05) is 13.0 Å². The Balaban J connectivity index is 1.56. The number of hydrogen-bond acceptors (Lipinski definition) is 4. The van der Waals surface area contributed by atoms with Crippen LogP contribution in [-0.2, 0) is 11.3 Å². The summed E-state index contributed by atoms with van der Waals surface area (Å²) in [6, 6.07) is 17.5. The van der Waals surface area contributed by atoms with Gasteiger partial charge in [0.1, 0.15) is 0 Å². The molecule has 1 N–H and O–H groups in total. The zero-order chi connectivity index (χ0) is 19.9. The Bertz CT molecular complexity index is 858. The second-order valence-corrected chi connectivity index (χ2v) is 7.45. The second-order valence-electron chi connectivity index (χ2n) is 7.45. The van der Waals surface area contributed by atoms with Gasteiger partial charge in [-0.1, -0.05) is 30.3 Å². The van der Waals surface area contributed by atoms with Crippen molar-refractivity contribution < 1.29 is 4.79 Å². The van der Waals surface area contributed by atoms with Gasteiger partial charge in [-0.15, -0.1) is 0 Å². The molecule has 1 unspecified atom stereocenters. The Hall–Kier alpha value is -2.68. The number of benzene rings is 2. The molecule has 2 aromatic carbocycles. The molecule has 1 saturated heterocycles. The lowest BCUT2D eigenvalue weighted by molar-refractivity contribution is -0.120. The SMILES string of the molecule is Cc1ccccc1CN1CCCN(C(C)C(=O)Nc2cccc(C#N)c2)CC1. The fourth-order valence-corrected chi connectivity index (χ4v) is 3.64. The summed E-state index contributed by atoms with van der Waals surface area (Å²) in [7, 11) is 0. The molecule has 1 atom stereocenters. The van der Waals surface area contributed by atoms with Crippen LogP contribution in [0.5, 0.6) is 0 Å². The molecule has 1 heterocycles. The smallest absolute Gasteiger partial charge is 0.241 e. The quantitative estimate of drug-likeness (QED) is 0.869. The number of nitrogens with zero attached hydrogens (tertiary/aromatic N) is 3. The third-order valence-corrected chi connectivity index (χ3v) is 5.46. The predicted octanol–water partition coefficient (Wildman–Crippen LogP) is 3.40. The van der Waals surface area contributed by atoms with Crippen LogP contribution in [0.2, 0.25) is 0 Å². The summed E-state index contributed by atoms with van der Waals surface area (Å²) in [5.74, 6) is -0.0255. The highest BCUT2D eigenvalue weighted by Crippen LogP contribution is 2.15. The highest BCUT2D eigenvalue weighted by molar-refractivity contribution is 5.94. The van der Waals surface area contributed by atoms with E-state index in [9.17, 15) is 4.79 Å². The van der Waals surface area contributed by atoms with Crippen LogP contribution in [0, 0.1) is 18.3 Å². The molecule has 1 amide bonds. The zero-order valence-corrected chi connectivity index (χ0v) is 16.7. The first-order chi connectivity index (χ1) is 13.6. The van der Waals surface area contributed by atoms with Gasteiger partial charge in [0.15, 0.2) is 0 Å². The number of amides is 1. The first-order valence-corrected chi connectivity index (χ1v) is 9.89. The number of hydrogen-bond donors (Lipinski definition) is 1. The van der Waals surface area contributed by atoms with E-state index in [4.69, 9.17) is 5.26 Å². The number of nitrogens with one attached hydrogen (secondary N) is 1. The van der Waals surface area contributed by atoms with Gasteiger partial charge >= 0.3 is 0 Å². The van der Waals surface area contributed by atoms with Gasteiger partial charge in [0.05, 0.1) is 17.7 Å². The minimum absolute atomic E-state index is 0.0255. The molecule has 28 heavy (non-hydrogen) atoms. The molecule has 1 aliphatic heterocycles. The van der Waals surface area contributed by atoms with Gasteiger partial charge in [-0.05, 0) is 56.1 Å². The molecule has 0 bridgehead atoms. The molecular weight excluding hydrogens is 348 g/mol. The van der Waals surface area contributed by atoms with E-state index in [1.165, 1.54) is 11.1 Å². The van der Waals surface area contributed by atoms with Crippen LogP contribution >= 0.6 is 0 Å². The van der Waals surface area contributed by atoms with Crippen LogP contribution in [-0.4, -0.2) is 47.9 Å². The first kappa shape index (κ1) is 20.1. The van der Waals surface area contributed by atoms with E-state index >= 15 is 0 Å². The largest absolute Gasteiger partial charge is 0.325 e. The van der Waals surface area contributed by atoms with Crippen molar-refractivity contribution in [3.8, 4) is 6.07 Å². The van der Waals surface area contributed by atoms with Crippen molar-refractivity contribution in [3.05, 3.63) is 65.2 Å². The fourth-order valence-electron chi connectivity index (χ4n) is 3.64. The van der Waals surface area contributed by atoms with Crippen molar-refractivity contribution in [2.24, 2.45) is 0 Å². The maximum absolute atomic E-state index is 12.7. The molecule has 0 radical (unpaired) electrons. The van der Waals surface area contributed by atoms with Crippen LogP contribution in [0.3, 0.4) is 0 Å². The topological polar surface area (TPSA) is 59.4 Å². The van der Waals surface area contributed by atoms with E-state index < -0.39 is 0 Å². The standard InChI is InChI=1S/C23H28N4O/c1-18-7-3-4-9-21(18)17-26-11-6-12-27(14-13-26)19(2)23(28)25-22-10-5-8-20(15-22)16-24/h3-5,7-10,15,19H,6,11-14,17H2,1-2H3,(H,25,28). The average molecular weight is 377 g/mol. The molecule has 146 valence electrons. The van der Waals surface area contributed by atoms with Crippen molar-refractivity contribution in [2.45, 2.75) is 32.9 Å². The van der Waals surface area contributed by atoms with Gasteiger partial charge in [0, 0.05) is 31.9 Å². The summed E-state index contributed by atoms with van der Waals surface area (Å²) in [6.07, 6.45) is 1.05. The third-order valence-electron chi connectivity index (χ3n) is 5.46. The molecule has 1 aliphatic rings. The normalized spacial score (nSPS) is 16.8. The Morgan fingerprint density at radius 1 is 1.14 bits per heavy atom. The van der Waals surface area contributed by atoms with Gasteiger partial charge in [-0.3, -0.25) is 14.6 Å². The van der Waals surface area contributed by atoms with Gasteiger partial charge < -0.3 is 5.32 Å². The molecule has 3 rings (SSSR count). The monoisotopic (exact) mass is 376 g/mol. The maximum atomic E-state index is 12.7. The summed E-state index contributed by atoms with van der Waals surface area (Å²) in [5.41, 5.74) is 3.93. The summed E-state index contributed by atoms with van der Waals surface area (Å²) in [6.45, 7) is 8.87. The zero-order valence-electron chi connectivity index (χ0n) is 16.7. The van der Waals surface area contributed by atoms with Crippen LogP contribution in [0.1, 0.15) is 30.0 Å². The summed E-state index contributed by atoms with van der Waals surface area (Å²) in [4.78, 5) is 17.4. The summed E-state index contributed by atoms with van der Waals surface area (Å²) in [5, 5.41) is 12.0. The predicted molar refractivity (Wildman–Crippen MR) is 112 cm³/mol. The van der Waals surface area contributed by atoms with Gasteiger partial charge in [0.25, 0.3) is 0 Å². The minimum Gasteiger partial charge on any atom is -0.325 e. The first-order valence-electron chi connectivity index (χ1n) is 9.89. The van der Waals surface area contributed by atoms with Crippen LogP contribution in [0.25, 0.3) is 0 Å². The molecule has 1 fully saturated rings. The molecule has 0 saturated carbocycles. The second kappa shape index (κ2) is 9.50. The fraction of sp³-hybridized carbons (Fsp3) is 0.391. The number of carbonyl (C=O) groups is 1. The minimum atomic E-state index is -0.204. The lowest BCUT2D eigenvalue weighted by Crippen LogP contribution is -2.43. The average Bonchev–Trinajstić information content (AvgIpc) is 2.95. The van der Waals surface area contributed by atoms with E-state index in [-0.39, 0.29) is 11.9 Å². The molecule has 0 spiro atoms. The number of rotatable bonds is 5.